The normalized spacial score (nSPS) is 19.7. The fraction of sp³-hybridized carbons (Fsp3) is 0.600. The number of ether oxygens (including phenoxy) is 1. The van der Waals surface area contributed by atoms with E-state index < -0.39 is 0 Å². The standard InChI is InChI=1S/C15H24N2O/c1-4-18-14-7-5-13(6-8-14)11-17-10-9-16-12-15(17,2)3/h5-8,16H,4,9-12H2,1-3H3. The van der Waals surface area contributed by atoms with Crippen LogP contribution in [0.1, 0.15) is 26.3 Å². The molecule has 0 bridgehead atoms. The summed E-state index contributed by atoms with van der Waals surface area (Å²) in [6.45, 7) is 11.6. The van der Waals surface area contributed by atoms with Gasteiger partial charge in [0.2, 0.25) is 0 Å². The van der Waals surface area contributed by atoms with Crippen molar-refractivity contribution in [3.63, 3.8) is 0 Å². The molecule has 0 unspecified atom stereocenters. The summed E-state index contributed by atoms with van der Waals surface area (Å²) in [5.74, 6) is 0.959. The summed E-state index contributed by atoms with van der Waals surface area (Å²) in [7, 11) is 0. The van der Waals surface area contributed by atoms with Crippen molar-refractivity contribution in [3.05, 3.63) is 29.8 Å². The van der Waals surface area contributed by atoms with Gasteiger partial charge in [0.15, 0.2) is 0 Å². The zero-order chi connectivity index (χ0) is 13.0. The van der Waals surface area contributed by atoms with E-state index in [4.69, 9.17) is 4.74 Å². The van der Waals surface area contributed by atoms with Crippen molar-refractivity contribution in [2.24, 2.45) is 0 Å². The van der Waals surface area contributed by atoms with Crippen LogP contribution in [0.15, 0.2) is 24.3 Å². The highest BCUT2D eigenvalue weighted by atomic mass is 16.5. The Hall–Kier alpha value is -1.06. The Bertz CT molecular complexity index is 373. The van der Waals surface area contributed by atoms with Crippen molar-refractivity contribution in [1.82, 2.24) is 10.2 Å². The molecule has 100 valence electrons. The highest BCUT2D eigenvalue weighted by Crippen LogP contribution is 2.20. The van der Waals surface area contributed by atoms with Gasteiger partial charge in [0.25, 0.3) is 0 Å². The molecule has 1 saturated heterocycles. The van der Waals surface area contributed by atoms with Gasteiger partial charge in [0, 0.05) is 31.7 Å². The molecule has 1 N–H and O–H groups in total. The summed E-state index contributed by atoms with van der Waals surface area (Å²) in [6, 6.07) is 8.47. The van der Waals surface area contributed by atoms with Gasteiger partial charge in [-0.1, -0.05) is 12.1 Å². The monoisotopic (exact) mass is 248 g/mol. The van der Waals surface area contributed by atoms with Crippen molar-refractivity contribution >= 4 is 0 Å². The number of hydrogen-bond acceptors (Lipinski definition) is 3. The summed E-state index contributed by atoms with van der Waals surface area (Å²) >= 11 is 0. The van der Waals surface area contributed by atoms with Gasteiger partial charge in [0.1, 0.15) is 5.75 Å². The van der Waals surface area contributed by atoms with Crippen molar-refractivity contribution < 1.29 is 4.74 Å². The Labute approximate surface area is 110 Å². The average Bonchev–Trinajstić information content (AvgIpc) is 2.34. The summed E-state index contributed by atoms with van der Waals surface area (Å²) in [6.07, 6.45) is 0. The number of nitrogens with zero attached hydrogens (tertiary/aromatic N) is 1. The molecule has 3 heteroatoms. The van der Waals surface area contributed by atoms with E-state index in [-0.39, 0.29) is 5.54 Å². The first kappa shape index (κ1) is 13.4. The smallest absolute Gasteiger partial charge is 0.119 e. The Morgan fingerprint density at radius 1 is 1.28 bits per heavy atom. The van der Waals surface area contributed by atoms with Crippen LogP contribution in [-0.4, -0.2) is 36.7 Å². The molecule has 1 heterocycles. The maximum atomic E-state index is 5.47. The second-order valence-electron chi connectivity index (χ2n) is 5.49. The zero-order valence-electron chi connectivity index (χ0n) is 11.7. The van der Waals surface area contributed by atoms with E-state index in [0.29, 0.717) is 0 Å². The van der Waals surface area contributed by atoms with E-state index in [9.17, 15) is 0 Å². The summed E-state index contributed by atoms with van der Waals surface area (Å²) in [5.41, 5.74) is 1.59. The lowest BCUT2D eigenvalue weighted by Gasteiger charge is -2.42. The second kappa shape index (κ2) is 5.72. The third-order valence-corrected chi connectivity index (χ3v) is 3.58. The molecule has 0 amide bonds. The number of benzene rings is 1. The molecule has 2 rings (SSSR count). The van der Waals surface area contributed by atoms with Gasteiger partial charge in [-0.05, 0) is 38.5 Å². The number of rotatable bonds is 4. The number of nitrogens with one attached hydrogen (secondary N) is 1. The minimum atomic E-state index is 0.233. The maximum absolute atomic E-state index is 5.47. The molecule has 1 aromatic carbocycles. The fourth-order valence-electron chi connectivity index (χ4n) is 2.39. The van der Waals surface area contributed by atoms with Crippen LogP contribution in [0, 0.1) is 0 Å². The molecule has 0 spiro atoms. The van der Waals surface area contributed by atoms with Crippen molar-refractivity contribution in [2.45, 2.75) is 32.9 Å². The van der Waals surface area contributed by atoms with E-state index in [2.05, 4.69) is 48.3 Å². The molecule has 0 saturated carbocycles. The maximum Gasteiger partial charge on any atom is 0.119 e. The van der Waals surface area contributed by atoms with Crippen LogP contribution in [0.5, 0.6) is 5.75 Å². The number of hydrogen-bond donors (Lipinski definition) is 1. The van der Waals surface area contributed by atoms with E-state index in [1.807, 2.05) is 6.92 Å². The third kappa shape index (κ3) is 3.24. The Kier molecular flexibility index (Phi) is 4.25. The Morgan fingerprint density at radius 3 is 2.61 bits per heavy atom. The van der Waals surface area contributed by atoms with E-state index in [1.54, 1.807) is 0 Å². The van der Waals surface area contributed by atoms with Crippen LogP contribution >= 0.6 is 0 Å². The van der Waals surface area contributed by atoms with Crippen molar-refractivity contribution in [3.8, 4) is 5.75 Å². The fourth-order valence-corrected chi connectivity index (χ4v) is 2.39. The van der Waals surface area contributed by atoms with Crippen molar-refractivity contribution in [1.29, 1.82) is 0 Å². The molecule has 1 aliphatic rings. The van der Waals surface area contributed by atoms with Crippen LogP contribution in [-0.2, 0) is 6.54 Å². The van der Waals surface area contributed by atoms with Gasteiger partial charge in [-0.3, -0.25) is 4.90 Å². The first-order chi connectivity index (χ1) is 8.62. The highest BCUT2D eigenvalue weighted by molar-refractivity contribution is 5.27. The largest absolute Gasteiger partial charge is 0.494 e. The summed E-state index contributed by atoms with van der Waals surface area (Å²) in [5, 5.41) is 3.45. The molecule has 0 radical (unpaired) electrons. The molecular weight excluding hydrogens is 224 g/mol. The van der Waals surface area contributed by atoms with Gasteiger partial charge in [-0.2, -0.15) is 0 Å². The Balaban J connectivity index is 1.99. The topological polar surface area (TPSA) is 24.5 Å². The lowest BCUT2D eigenvalue weighted by Crippen LogP contribution is -2.57. The van der Waals surface area contributed by atoms with Gasteiger partial charge in [-0.25, -0.2) is 0 Å². The third-order valence-electron chi connectivity index (χ3n) is 3.58. The molecule has 1 aromatic rings. The van der Waals surface area contributed by atoms with Gasteiger partial charge in [0.05, 0.1) is 6.61 Å². The van der Waals surface area contributed by atoms with E-state index in [0.717, 1.165) is 38.5 Å². The molecule has 3 nitrogen and oxygen atoms in total. The first-order valence-corrected chi connectivity index (χ1v) is 6.79. The van der Waals surface area contributed by atoms with E-state index in [1.165, 1.54) is 5.56 Å². The van der Waals surface area contributed by atoms with Crippen LogP contribution in [0.25, 0.3) is 0 Å². The highest BCUT2D eigenvalue weighted by Gasteiger charge is 2.29. The van der Waals surface area contributed by atoms with Gasteiger partial charge >= 0.3 is 0 Å². The van der Waals surface area contributed by atoms with Crippen LogP contribution in [0.3, 0.4) is 0 Å². The van der Waals surface area contributed by atoms with Crippen LogP contribution < -0.4 is 10.1 Å². The molecule has 1 aliphatic heterocycles. The lowest BCUT2D eigenvalue weighted by atomic mass is 9.99. The first-order valence-electron chi connectivity index (χ1n) is 6.79. The molecule has 1 fully saturated rings. The van der Waals surface area contributed by atoms with E-state index >= 15 is 0 Å². The summed E-state index contributed by atoms with van der Waals surface area (Å²) < 4.78 is 5.47. The summed E-state index contributed by atoms with van der Waals surface area (Å²) in [4.78, 5) is 2.54. The van der Waals surface area contributed by atoms with Crippen molar-refractivity contribution in [2.75, 3.05) is 26.2 Å². The Morgan fingerprint density at radius 2 is 2.00 bits per heavy atom. The average molecular weight is 248 g/mol. The molecule has 0 atom stereocenters. The predicted octanol–water partition coefficient (Wildman–Crippen LogP) is 2.27. The molecule has 0 aromatic heterocycles. The molecule has 0 aliphatic carbocycles. The van der Waals surface area contributed by atoms with Crippen LogP contribution in [0.2, 0.25) is 0 Å². The predicted molar refractivity (Wildman–Crippen MR) is 75.0 cm³/mol. The number of piperazine rings is 1. The minimum absolute atomic E-state index is 0.233. The van der Waals surface area contributed by atoms with Gasteiger partial charge < -0.3 is 10.1 Å². The lowest BCUT2D eigenvalue weighted by molar-refractivity contribution is 0.0827. The minimum Gasteiger partial charge on any atom is -0.494 e. The molecule has 18 heavy (non-hydrogen) atoms. The zero-order valence-corrected chi connectivity index (χ0v) is 11.7. The SMILES string of the molecule is CCOc1ccc(CN2CCNCC2(C)C)cc1. The second-order valence-corrected chi connectivity index (χ2v) is 5.49. The molecular formula is C15H24N2O. The quantitative estimate of drug-likeness (QED) is 0.884. The van der Waals surface area contributed by atoms with Gasteiger partial charge in [-0.15, -0.1) is 0 Å². The van der Waals surface area contributed by atoms with Crippen LogP contribution in [0.4, 0.5) is 0 Å².